The molecule has 0 spiro atoms. The third-order valence-corrected chi connectivity index (χ3v) is 6.46. The Bertz CT molecular complexity index is 1360. The molecule has 208 valence electrons. The van der Waals surface area contributed by atoms with Crippen LogP contribution in [0, 0.1) is 11.3 Å². The molecule has 1 aliphatic heterocycles. The number of nitrogens with zero attached hydrogens (tertiary/aromatic N) is 6. The van der Waals surface area contributed by atoms with Gasteiger partial charge in [-0.2, -0.15) is 28.6 Å². The number of nitriles is 1. The molecule has 0 aliphatic carbocycles. The van der Waals surface area contributed by atoms with Crippen molar-refractivity contribution in [1.82, 2.24) is 24.5 Å². The summed E-state index contributed by atoms with van der Waals surface area (Å²) in [6, 6.07) is 7.29. The van der Waals surface area contributed by atoms with Crippen molar-refractivity contribution in [3.63, 3.8) is 0 Å². The van der Waals surface area contributed by atoms with Crippen LogP contribution in [0.25, 0.3) is 11.3 Å². The van der Waals surface area contributed by atoms with Gasteiger partial charge in [0.25, 0.3) is 0 Å². The molecule has 1 saturated heterocycles. The van der Waals surface area contributed by atoms with Crippen LogP contribution in [0.5, 0.6) is 0 Å². The quantitative estimate of drug-likeness (QED) is 0.444. The smallest absolute Gasteiger partial charge is 0.416 e. The van der Waals surface area contributed by atoms with Crippen LogP contribution in [0.4, 0.5) is 23.8 Å². The molecule has 1 fully saturated rings. The second-order valence-electron chi connectivity index (χ2n) is 10.6. The number of amides is 1. The number of alkyl halides is 3. The number of likely N-dealkylation sites (tertiary alicyclic amines) is 1. The van der Waals surface area contributed by atoms with E-state index in [2.05, 4.69) is 16.5 Å². The highest BCUT2D eigenvalue weighted by molar-refractivity contribution is 5.73. The Labute approximate surface area is 225 Å². The lowest BCUT2D eigenvalue weighted by atomic mass is 10.1. The predicted molar refractivity (Wildman–Crippen MR) is 139 cm³/mol. The van der Waals surface area contributed by atoms with Gasteiger partial charge in [-0.05, 0) is 57.7 Å². The average Bonchev–Trinajstić information content (AvgIpc) is 3.38. The zero-order valence-electron chi connectivity index (χ0n) is 22.4. The number of nitrogens with one attached hydrogen (secondary N) is 1. The second-order valence-corrected chi connectivity index (χ2v) is 10.6. The van der Waals surface area contributed by atoms with Crippen molar-refractivity contribution in [2.45, 2.75) is 64.4 Å². The Morgan fingerprint density at radius 2 is 2.00 bits per heavy atom. The van der Waals surface area contributed by atoms with E-state index in [9.17, 15) is 23.2 Å². The largest absolute Gasteiger partial charge is 0.444 e. The van der Waals surface area contributed by atoms with Crippen molar-refractivity contribution in [3.8, 4) is 17.3 Å². The highest BCUT2D eigenvalue weighted by Crippen LogP contribution is 2.34. The van der Waals surface area contributed by atoms with E-state index in [-0.39, 0.29) is 18.7 Å². The Kier molecular flexibility index (Phi) is 7.90. The van der Waals surface area contributed by atoms with Gasteiger partial charge >= 0.3 is 12.3 Å². The molecule has 4 rings (SSSR count). The average molecular weight is 544 g/mol. The van der Waals surface area contributed by atoms with E-state index in [1.807, 2.05) is 20.8 Å². The fraction of sp³-hybridized carbons (Fsp3) is 0.481. The molecule has 0 saturated carbocycles. The van der Waals surface area contributed by atoms with Gasteiger partial charge in [-0.3, -0.25) is 4.68 Å². The number of benzene rings is 1. The number of anilines is 1. The molecule has 0 unspecified atom stereocenters. The molecule has 3 aromatic rings. The first-order chi connectivity index (χ1) is 18.4. The minimum Gasteiger partial charge on any atom is -0.444 e. The van der Waals surface area contributed by atoms with E-state index >= 15 is 0 Å². The zero-order chi connectivity index (χ0) is 28.4. The van der Waals surface area contributed by atoms with Crippen LogP contribution in [0.1, 0.15) is 62.8 Å². The van der Waals surface area contributed by atoms with Gasteiger partial charge in [-0.15, -0.1) is 0 Å². The number of carbonyl (C=O) groups excluding carboxylic acids is 1. The van der Waals surface area contributed by atoms with E-state index in [4.69, 9.17) is 9.84 Å². The predicted octanol–water partition coefficient (Wildman–Crippen LogP) is 5.69. The first kappa shape index (κ1) is 28.0. The van der Waals surface area contributed by atoms with Crippen molar-refractivity contribution < 1.29 is 22.7 Å². The Hall–Kier alpha value is -4.01. The maximum Gasteiger partial charge on any atom is 0.416 e. The number of hydrogen-bond acceptors (Lipinski definition) is 6. The van der Waals surface area contributed by atoms with Crippen LogP contribution in [0.15, 0.2) is 36.7 Å². The number of carbonyl (C=O) groups is 1. The lowest BCUT2D eigenvalue weighted by Crippen LogP contribution is -2.37. The Morgan fingerprint density at radius 3 is 2.67 bits per heavy atom. The van der Waals surface area contributed by atoms with Crippen LogP contribution >= 0.6 is 0 Å². The molecule has 1 amide bonds. The molecule has 3 heterocycles. The van der Waals surface area contributed by atoms with Crippen LogP contribution in [0.3, 0.4) is 0 Å². The summed E-state index contributed by atoms with van der Waals surface area (Å²) in [5.41, 5.74) is 0.527. The first-order valence-corrected chi connectivity index (χ1v) is 12.8. The lowest BCUT2D eigenvalue weighted by Gasteiger charge is -2.26. The second kappa shape index (κ2) is 11.0. The van der Waals surface area contributed by atoms with Gasteiger partial charge in [-0.25, -0.2) is 9.48 Å². The molecular formula is C27H32F3N7O2. The monoisotopic (exact) mass is 543 g/mol. The number of halogens is 3. The van der Waals surface area contributed by atoms with Crippen LogP contribution < -0.4 is 5.32 Å². The molecule has 12 heteroatoms. The van der Waals surface area contributed by atoms with Gasteiger partial charge in [0, 0.05) is 31.9 Å². The molecular weight excluding hydrogens is 511 g/mol. The summed E-state index contributed by atoms with van der Waals surface area (Å²) in [6.45, 7) is 6.70. The summed E-state index contributed by atoms with van der Waals surface area (Å²) in [5.74, 6) is 0.564. The van der Waals surface area contributed by atoms with Gasteiger partial charge < -0.3 is 15.0 Å². The van der Waals surface area contributed by atoms with Crippen LogP contribution in [-0.4, -0.2) is 56.3 Å². The van der Waals surface area contributed by atoms with Gasteiger partial charge in [0.1, 0.15) is 28.7 Å². The van der Waals surface area contributed by atoms with E-state index < -0.39 is 17.3 Å². The Balaban J connectivity index is 1.56. The van der Waals surface area contributed by atoms with Crippen molar-refractivity contribution in [1.29, 1.82) is 5.26 Å². The van der Waals surface area contributed by atoms with Gasteiger partial charge in [0.15, 0.2) is 0 Å². The standard InChI is InChI=1S/C27H32F3N7O2/c1-26(2,3)39-25(38)35-11-6-9-21(10-12-35)37-24(32-4)22(14-31)23(34-37)19-15-33-36(17-19)16-18-7-5-8-20(13-18)27(28,29)30/h5,7-8,13,15,17,21,32H,6,9-12,16H2,1-4H3/t21-/m0/s1. The summed E-state index contributed by atoms with van der Waals surface area (Å²) >= 11 is 0. The molecule has 39 heavy (non-hydrogen) atoms. The zero-order valence-corrected chi connectivity index (χ0v) is 22.4. The number of rotatable bonds is 5. The van der Waals surface area contributed by atoms with Crippen LogP contribution in [-0.2, 0) is 17.5 Å². The molecule has 2 aromatic heterocycles. The van der Waals surface area contributed by atoms with Gasteiger partial charge in [-0.1, -0.05) is 12.1 Å². The summed E-state index contributed by atoms with van der Waals surface area (Å²) in [5, 5.41) is 22.2. The highest BCUT2D eigenvalue weighted by atomic mass is 19.4. The maximum atomic E-state index is 13.1. The van der Waals surface area contributed by atoms with E-state index in [0.717, 1.165) is 25.0 Å². The van der Waals surface area contributed by atoms with E-state index in [1.54, 1.807) is 35.1 Å². The minimum atomic E-state index is -4.43. The van der Waals surface area contributed by atoms with Crippen molar-refractivity contribution >= 4 is 11.9 Å². The summed E-state index contributed by atoms with van der Waals surface area (Å²) in [4.78, 5) is 14.3. The molecule has 1 aromatic carbocycles. The molecule has 1 N–H and O–H groups in total. The molecule has 9 nitrogen and oxygen atoms in total. The SMILES string of the molecule is CNc1c(C#N)c(-c2cnn(Cc3cccc(C(F)(F)F)c3)c2)nn1[C@H]1CCCN(C(=O)OC(C)(C)C)CC1. The molecule has 0 bridgehead atoms. The number of ether oxygens (including phenoxy) is 1. The van der Waals surface area contributed by atoms with E-state index in [0.29, 0.717) is 47.7 Å². The summed E-state index contributed by atoms with van der Waals surface area (Å²) in [7, 11) is 1.72. The van der Waals surface area contributed by atoms with Gasteiger partial charge in [0.05, 0.1) is 24.3 Å². The maximum absolute atomic E-state index is 13.1. The van der Waals surface area contributed by atoms with E-state index in [1.165, 1.54) is 10.7 Å². The summed E-state index contributed by atoms with van der Waals surface area (Å²) < 4.78 is 48.2. The van der Waals surface area contributed by atoms with Crippen LogP contribution in [0.2, 0.25) is 0 Å². The first-order valence-electron chi connectivity index (χ1n) is 12.8. The number of hydrogen-bond donors (Lipinski definition) is 1. The summed E-state index contributed by atoms with van der Waals surface area (Å²) in [6.07, 6.45) is 0.597. The third-order valence-electron chi connectivity index (χ3n) is 6.46. The van der Waals surface area contributed by atoms with Gasteiger partial charge in [0.2, 0.25) is 0 Å². The molecule has 0 radical (unpaired) electrons. The minimum absolute atomic E-state index is 0.0547. The highest BCUT2D eigenvalue weighted by Gasteiger charge is 2.31. The fourth-order valence-electron chi connectivity index (χ4n) is 4.68. The fourth-order valence-corrected chi connectivity index (χ4v) is 4.68. The lowest BCUT2D eigenvalue weighted by molar-refractivity contribution is -0.137. The van der Waals surface area contributed by atoms with Crippen molar-refractivity contribution in [3.05, 3.63) is 53.3 Å². The molecule has 1 atom stereocenters. The topological polar surface area (TPSA) is 101 Å². The Morgan fingerprint density at radius 1 is 1.23 bits per heavy atom. The number of aromatic nitrogens is 4. The third kappa shape index (κ3) is 6.53. The van der Waals surface area contributed by atoms with Crippen molar-refractivity contribution in [2.75, 3.05) is 25.5 Å². The normalized spacial score (nSPS) is 16.5. The molecule has 1 aliphatic rings. The van der Waals surface area contributed by atoms with Crippen molar-refractivity contribution in [2.24, 2.45) is 0 Å².